The topological polar surface area (TPSA) is 64.7 Å². The second-order valence-corrected chi connectivity index (χ2v) is 5.17. The van der Waals surface area contributed by atoms with Gasteiger partial charge in [0.15, 0.2) is 11.5 Å². The third-order valence-electron chi connectivity index (χ3n) is 3.48. The van der Waals surface area contributed by atoms with Gasteiger partial charge in [0.25, 0.3) is 0 Å². The predicted molar refractivity (Wildman–Crippen MR) is 74.5 cm³/mol. The lowest BCUT2D eigenvalue weighted by molar-refractivity contribution is -0.0169. The molecular formula is C15H23NO3. The highest BCUT2D eigenvalue weighted by atomic mass is 16.5. The second-order valence-electron chi connectivity index (χ2n) is 5.17. The summed E-state index contributed by atoms with van der Waals surface area (Å²) in [6.07, 6.45) is 3.01. The van der Waals surface area contributed by atoms with Crippen molar-refractivity contribution in [3.8, 4) is 11.5 Å². The first-order valence-electron chi connectivity index (χ1n) is 6.96. The molecule has 0 aromatic heterocycles. The van der Waals surface area contributed by atoms with E-state index in [4.69, 9.17) is 15.2 Å². The van der Waals surface area contributed by atoms with Crippen molar-refractivity contribution < 1.29 is 14.6 Å². The summed E-state index contributed by atoms with van der Waals surface area (Å²) in [5.41, 5.74) is 4.76. The van der Waals surface area contributed by atoms with Gasteiger partial charge in [-0.2, -0.15) is 0 Å². The van der Waals surface area contributed by atoms with E-state index < -0.39 is 5.60 Å². The van der Waals surface area contributed by atoms with Gasteiger partial charge in [0.1, 0.15) is 12.2 Å². The largest absolute Gasteiger partial charge is 0.490 e. The molecule has 1 aliphatic carbocycles. The molecule has 4 nitrogen and oxygen atoms in total. The minimum absolute atomic E-state index is 0.223. The molecule has 0 aliphatic heterocycles. The van der Waals surface area contributed by atoms with Crippen molar-refractivity contribution in [1.29, 1.82) is 0 Å². The van der Waals surface area contributed by atoms with E-state index in [9.17, 15) is 5.11 Å². The van der Waals surface area contributed by atoms with Crippen molar-refractivity contribution in [2.75, 3.05) is 19.8 Å². The van der Waals surface area contributed by atoms with Crippen LogP contribution in [0.2, 0.25) is 0 Å². The number of ether oxygens (including phenoxy) is 2. The van der Waals surface area contributed by atoms with Crippen molar-refractivity contribution >= 4 is 0 Å². The zero-order valence-electron chi connectivity index (χ0n) is 11.5. The average Bonchev–Trinajstić information content (AvgIpc) is 3.28. The van der Waals surface area contributed by atoms with E-state index in [1.807, 2.05) is 24.3 Å². The van der Waals surface area contributed by atoms with E-state index in [2.05, 4.69) is 6.92 Å². The Morgan fingerprint density at radius 3 is 2.42 bits per heavy atom. The van der Waals surface area contributed by atoms with Crippen molar-refractivity contribution in [3.63, 3.8) is 0 Å². The molecule has 1 saturated carbocycles. The molecule has 1 aliphatic rings. The Bertz CT molecular complexity index is 406. The van der Waals surface area contributed by atoms with Crippen molar-refractivity contribution in [2.45, 2.75) is 31.8 Å². The van der Waals surface area contributed by atoms with Crippen LogP contribution in [0.15, 0.2) is 24.3 Å². The van der Waals surface area contributed by atoms with E-state index in [0.29, 0.717) is 12.4 Å². The fourth-order valence-electron chi connectivity index (χ4n) is 2.07. The standard InChI is InChI=1S/C15H23NO3/c1-2-9-18-13-5-3-4-6-14(13)19-11-15(17,10-16)12-7-8-12/h3-6,12,17H,2,7-11,16H2,1H3. The summed E-state index contributed by atoms with van der Waals surface area (Å²) >= 11 is 0. The Morgan fingerprint density at radius 1 is 1.26 bits per heavy atom. The number of hydrogen-bond donors (Lipinski definition) is 2. The molecule has 0 spiro atoms. The highest BCUT2D eigenvalue weighted by Crippen LogP contribution is 2.40. The number of benzene rings is 1. The smallest absolute Gasteiger partial charge is 0.161 e. The van der Waals surface area contributed by atoms with Gasteiger partial charge < -0.3 is 20.3 Å². The zero-order chi connectivity index (χ0) is 13.7. The van der Waals surface area contributed by atoms with Gasteiger partial charge >= 0.3 is 0 Å². The second kappa shape index (κ2) is 6.26. The van der Waals surface area contributed by atoms with Crippen molar-refractivity contribution in [1.82, 2.24) is 0 Å². The first-order chi connectivity index (χ1) is 9.19. The van der Waals surface area contributed by atoms with Gasteiger partial charge in [0.05, 0.1) is 6.61 Å². The minimum Gasteiger partial charge on any atom is -0.490 e. The SMILES string of the molecule is CCCOc1ccccc1OCC(O)(CN)C1CC1. The van der Waals surface area contributed by atoms with Crippen LogP contribution in [-0.4, -0.2) is 30.5 Å². The van der Waals surface area contributed by atoms with Crippen LogP contribution in [0.1, 0.15) is 26.2 Å². The number of rotatable bonds is 8. The summed E-state index contributed by atoms with van der Waals surface area (Å²) in [4.78, 5) is 0. The molecule has 3 N–H and O–H groups in total. The summed E-state index contributed by atoms with van der Waals surface area (Å²) in [5.74, 6) is 1.67. The van der Waals surface area contributed by atoms with Gasteiger partial charge in [-0.3, -0.25) is 0 Å². The first-order valence-corrected chi connectivity index (χ1v) is 6.96. The molecule has 0 heterocycles. The van der Waals surface area contributed by atoms with Crippen LogP contribution in [-0.2, 0) is 0 Å². The zero-order valence-corrected chi connectivity index (χ0v) is 11.5. The number of nitrogens with two attached hydrogens (primary N) is 1. The molecule has 1 atom stereocenters. The van der Waals surface area contributed by atoms with Gasteiger partial charge in [-0.15, -0.1) is 0 Å². The van der Waals surface area contributed by atoms with Crippen LogP contribution in [0, 0.1) is 5.92 Å². The van der Waals surface area contributed by atoms with E-state index in [1.165, 1.54) is 0 Å². The lowest BCUT2D eigenvalue weighted by Gasteiger charge is -2.26. The molecule has 1 aromatic rings. The maximum atomic E-state index is 10.4. The number of aliphatic hydroxyl groups is 1. The van der Waals surface area contributed by atoms with Crippen LogP contribution in [0.3, 0.4) is 0 Å². The fraction of sp³-hybridized carbons (Fsp3) is 0.600. The van der Waals surface area contributed by atoms with Crippen LogP contribution < -0.4 is 15.2 Å². The average molecular weight is 265 g/mol. The fourth-order valence-corrected chi connectivity index (χ4v) is 2.07. The van der Waals surface area contributed by atoms with Crippen LogP contribution >= 0.6 is 0 Å². The number of hydrogen-bond acceptors (Lipinski definition) is 4. The summed E-state index contributed by atoms with van der Waals surface area (Å²) in [6, 6.07) is 7.54. The van der Waals surface area contributed by atoms with Crippen molar-refractivity contribution in [2.24, 2.45) is 11.7 Å². The Labute approximate surface area is 114 Å². The summed E-state index contributed by atoms with van der Waals surface area (Å²) < 4.78 is 11.4. The van der Waals surface area contributed by atoms with E-state index in [-0.39, 0.29) is 19.1 Å². The Hall–Kier alpha value is -1.26. The molecule has 0 bridgehead atoms. The molecule has 0 saturated heterocycles. The molecule has 0 amide bonds. The van der Waals surface area contributed by atoms with Gasteiger partial charge in [0.2, 0.25) is 0 Å². The monoisotopic (exact) mass is 265 g/mol. The highest BCUT2D eigenvalue weighted by molar-refractivity contribution is 5.39. The molecule has 19 heavy (non-hydrogen) atoms. The third kappa shape index (κ3) is 3.61. The Balaban J connectivity index is 1.98. The molecule has 0 radical (unpaired) electrons. The maximum Gasteiger partial charge on any atom is 0.161 e. The quantitative estimate of drug-likeness (QED) is 0.754. The molecule has 4 heteroatoms. The molecule has 2 rings (SSSR count). The van der Waals surface area contributed by atoms with Gasteiger partial charge in [-0.25, -0.2) is 0 Å². The summed E-state index contributed by atoms with van der Waals surface area (Å²) in [5, 5.41) is 10.4. The molecule has 106 valence electrons. The van der Waals surface area contributed by atoms with Gasteiger partial charge in [-0.1, -0.05) is 19.1 Å². The minimum atomic E-state index is -0.905. The van der Waals surface area contributed by atoms with E-state index in [0.717, 1.165) is 25.0 Å². The van der Waals surface area contributed by atoms with Crippen LogP contribution in [0.25, 0.3) is 0 Å². The lowest BCUT2D eigenvalue weighted by Crippen LogP contribution is -2.45. The summed E-state index contributed by atoms with van der Waals surface area (Å²) in [7, 11) is 0. The predicted octanol–water partition coefficient (Wildman–Crippen LogP) is 1.95. The Kier molecular flexibility index (Phi) is 4.66. The maximum absolute atomic E-state index is 10.4. The Morgan fingerprint density at radius 2 is 1.89 bits per heavy atom. The number of para-hydroxylation sites is 2. The normalized spacial score (nSPS) is 17.8. The first kappa shape index (κ1) is 14.2. The summed E-state index contributed by atoms with van der Waals surface area (Å²) in [6.45, 7) is 3.17. The molecule has 1 fully saturated rings. The molecule has 1 aromatic carbocycles. The van der Waals surface area contributed by atoms with Crippen molar-refractivity contribution in [3.05, 3.63) is 24.3 Å². The van der Waals surface area contributed by atoms with E-state index >= 15 is 0 Å². The lowest BCUT2D eigenvalue weighted by atomic mass is 9.99. The van der Waals surface area contributed by atoms with Crippen LogP contribution in [0.5, 0.6) is 11.5 Å². The molecular weight excluding hydrogens is 242 g/mol. The van der Waals surface area contributed by atoms with Gasteiger partial charge in [-0.05, 0) is 37.3 Å². The van der Waals surface area contributed by atoms with Crippen LogP contribution in [0.4, 0.5) is 0 Å². The highest BCUT2D eigenvalue weighted by Gasteiger charge is 2.43. The molecule has 1 unspecified atom stereocenters. The van der Waals surface area contributed by atoms with Gasteiger partial charge in [0, 0.05) is 6.54 Å². The van der Waals surface area contributed by atoms with E-state index in [1.54, 1.807) is 0 Å². The third-order valence-corrected chi connectivity index (χ3v) is 3.48.